The van der Waals surface area contributed by atoms with Gasteiger partial charge in [0.05, 0.1) is 4.92 Å². The molecule has 1 aliphatic rings. The minimum Gasteiger partial charge on any atom is -0.454 e. The molecule has 2 aromatic rings. The van der Waals surface area contributed by atoms with E-state index in [1.165, 1.54) is 6.07 Å². The number of carbonyl (C=O) groups excluding carboxylic acids is 1. The van der Waals surface area contributed by atoms with E-state index in [4.69, 9.17) is 9.47 Å². The number of anilines is 1. The maximum atomic E-state index is 11.9. The number of aryl methyl sites for hydroxylation is 1. The number of ether oxygens (including phenoxy) is 2. The van der Waals surface area contributed by atoms with Gasteiger partial charge in [0.25, 0.3) is 5.69 Å². The van der Waals surface area contributed by atoms with Crippen LogP contribution in [0, 0.1) is 10.1 Å². The third-order valence-corrected chi connectivity index (χ3v) is 3.94. The molecule has 0 radical (unpaired) electrons. The Morgan fingerprint density at radius 1 is 1.12 bits per heavy atom. The van der Waals surface area contributed by atoms with Crippen molar-refractivity contribution in [3.63, 3.8) is 0 Å². The summed E-state index contributed by atoms with van der Waals surface area (Å²) in [7, 11) is 0. The molecule has 3 rings (SSSR count). The van der Waals surface area contributed by atoms with Crippen molar-refractivity contribution in [1.82, 2.24) is 5.32 Å². The fourth-order valence-corrected chi connectivity index (χ4v) is 2.62. The normalized spacial score (nSPS) is 11.8. The molecule has 0 fully saturated rings. The van der Waals surface area contributed by atoms with Gasteiger partial charge in [-0.3, -0.25) is 14.9 Å². The molecule has 2 aromatic carbocycles. The molecule has 0 bridgehead atoms. The highest BCUT2D eigenvalue weighted by atomic mass is 16.7. The molecule has 0 unspecified atom stereocenters. The molecule has 2 N–H and O–H groups in total. The highest BCUT2D eigenvalue weighted by molar-refractivity contribution is 5.76. The van der Waals surface area contributed by atoms with Crippen molar-refractivity contribution in [2.24, 2.45) is 0 Å². The lowest BCUT2D eigenvalue weighted by molar-refractivity contribution is -0.384. The van der Waals surface area contributed by atoms with Crippen LogP contribution < -0.4 is 20.1 Å². The average Bonchev–Trinajstić information content (AvgIpc) is 3.11. The van der Waals surface area contributed by atoms with E-state index in [1.807, 2.05) is 18.2 Å². The van der Waals surface area contributed by atoms with E-state index in [0.717, 1.165) is 11.3 Å². The van der Waals surface area contributed by atoms with Crippen LogP contribution >= 0.6 is 0 Å². The summed E-state index contributed by atoms with van der Waals surface area (Å²) >= 11 is 0. The number of fused-ring (bicyclic) bond motifs is 1. The van der Waals surface area contributed by atoms with Crippen molar-refractivity contribution in [3.05, 3.63) is 58.1 Å². The van der Waals surface area contributed by atoms with Crippen LogP contribution in [0.5, 0.6) is 11.5 Å². The molecule has 0 spiro atoms. The number of hydrogen-bond acceptors (Lipinski definition) is 6. The second-order valence-corrected chi connectivity index (χ2v) is 5.74. The van der Waals surface area contributed by atoms with Gasteiger partial charge in [-0.2, -0.15) is 0 Å². The van der Waals surface area contributed by atoms with Gasteiger partial charge in [0.1, 0.15) is 5.69 Å². The Bertz CT molecular complexity index is 809. The number of rotatable bonds is 8. The maximum Gasteiger partial charge on any atom is 0.292 e. The van der Waals surface area contributed by atoms with E-state index in [-0.39, 0.29) is 18.4 Å². The van der Waals surface area contributed by atoms with Crippen LogP contribution in [0.25, 0.3) is 0 Å². The van der Waals surface area contributed by atoms with Gasteiger partial charge in [0.15, 0.2) is 11.5 Å². The van der Waals surface area contributed by atoms with Crippen LogP contribution in [-0.4, -0.2) is 30.7 Å². The van der Waals surface area contributed by atoms with Gasteiger partial charge in [-0.05, 0) is 30.2 Å². The first-order valence-electron chi connectivity index (χ1n) is 8.26. The third kappa shape index (κ3) is 4.41. The summed E-state index contributed by atoms with van der Waals surface area (Å²) in [5.74, 6) is 1.35. The summed E-state index contributed by atoms with van der Waals surface area (Å²) in [6.45, 7) is 1.01. The standard InChI is InChI=1S/C18H19N3O5/c22-18(8-6-13-5-7-16-17(11-13)26-12-25-16)20-10-9-19-14-3-1-2-4-15(14)21(23)24/h1-5,7,11,19H,6,8-10,12H2,(H,20,22). The van der Waals surface area contributed by atoms with Gasteiger partial charge >= 0.3 is 0 Å². The van der Waals surface area contributed by atoms with Crippen molar-refractivity contribution < 1.29 is 19.2 Å². The molecular formula is C18H19N3O5. The number of amides is 1. The first kappa shape index (κ1) is 17.5. The molecule has 0 aromatic heterocycles. The summed E-state index contributed by atoms with van der Waals surface area (Å²) in [4.78, 5) is 22.4. The zero-order chi connectivity index (χ0) is 18.4. The molecule has 8 nitrogen and oxygen atoms in total. The molecule has 0 atom stereocenters. The Kier molecular flexibility index (Phi) is 5.52. The molecule has 1 aliphatic heterocycles. The largest absolute Gasteiger partial charge is 0.454 e. The summed E-state index contributed by atoms with van der Waals surface area (Å²) in [5, 5.41) is 16.7. The quantitative estimate of drug-likeness (QED) is 0.427. The van der Waals surface area contributed by atoms with Crippen LogP contribution in [0.2, 0.25) is 0 Å². The Hall–Kier alpha value is -3.29. The number of benzene rings is 2. The van der Waals surface area contributed by atoms with E-state index >= 15 is 0 Å². The van der Waals surface area contributed by atoms with Gasteiger partial charge in [0.2, 0.25) is 12.7 Å². The van der Waals surface area contributed by atoms with E-state index in [0.29, 0.717) is 37.4 Å². The van der Waals surface area contributed by atoms with E-state index in [1.54, 1.807) is 18.2 Å². The zero-order valence-electron chi connectivity index (χ0n) is 14.1. The highest BCUT2D eigenvalue weighted by Crippen LogP contribution is 2.32. The number of hydrogen-bond donors (Lipinski definition) is 2. The lowest BCUT2D eigenvalue weighted by atomic mass is 10.1. The minimum atomic E-state index is -0.438. The Labute approximate surface area is 150 Å². The maximum absolute atomic E-state index is 11.9. The fourth-order valence-electron chi connectivity index (χ4n) is 2.62. The lowest BCUT2D eigenvalue weighted by Gasteiger charge is -2.08. The van der Waals surface area contributed by atoms with Gasteiger partial charge in [-0.25, -0.2) is 0 Å². The van der Waals surface area contributed by atoms with Crippen LogP contribution in [-0.2, 0) is 11.2 Å². The monoisotopic (exact) mass is 357 g/mol. The van der Waals surface area contributed by atoms with Crippen molar-refractivity contribution in [3.8, 4) is 11.5 Å². The van der Waals surface area contributed by atoms with E-state index < -0.39 is 4.92 Å². The Morgan fingerprint density at radius 3 is 2.77 bits per heavy atom. The van der Waals surface area contributed by atoms with Crippen LogP contribution in [0.15, 0.2) is 42.5 Å². The minimum absolute atomic E-state index is 0.0154. The molecule has 26 heavy (non-hydrogen) atoms. The molecule has 0 aliphatic carbocycles. The summed E-state index contributed by atoms with van der Waals surface area (Å²) in [6, 6.07) is 12.0. The number of nitro groups is 1. The third-order valence-electron chi connectivity index (χ3n) is 3.94. The summed E-state index contributed by atoms with van der Waals surface area (Å²) in [6.07, 6.45) is 0.950. The summed E-state index contributed by atoms with van der Waals surface area (Å²) < 4.78 is 10.6. The predicted molar refractivity (Wildman–Crippen MR) is 95.5 cm³/mol. The molecule has 8 heteroatoms. The van der Waals surface area contributed by atoms with Crippen molar-refractivity contribution in [2.75, 3.05) is 25.2 Å². The summed E-state index contributed by atoms with van der Waals surface area (Å²) in [5.41, 5.74) is 1.45. The van der Waals surface area contributed by atoms with Gasteiger partial charge < -0.3 is 20.1 Å². The first-order valence-corrected chi connectivity index (χ1v) is 8.26. The van der Waals surface area contributed by atoms with Gasteiger partial charge in [-0.1, -0.05) is 18.2 Å². The number of nitrogens with zero attached hydrogens (tertiary/aromatic N) is 1. The van der Waals surface area contributed by atoms with Crippen LogP contribution in [0.3, 0.4) is 0 Å². The smallest absolute Gasteiger partial charge is 0.292 e. The number of carbonyl (C=O) groups is 1. The number of nitrogens with one attached hydrogen (secondary N) is 2. The molecular weight excluding hydrogens is 338 g/mol. The fraction of sp³-hybridized carbons (Fsp3) is 0.278. The number of nitro benzene ring substituents is 1. The Balaban J connectivity index is 1.39. The van der Waals surface area contributed by atoms with E-state index in [2.05, 4.69) is 10.6 Å². The lowest BCUT2D eigenvalue weighted by Crippen LogP contribution is -2.29. The topological polar surface area (TPSA) is 103 Å². The van der Waals surface area contributed by atoms with Crippen LogP contribution in [0.1, 0.15) is 12.0 Å². The highest BCUT2D eigenvalue weighted by Gasteiger charge is 2.14. The van der Waals surface area contributed by atoms with Crippen molar-refractivity contribution in [2.45, 2.75) is 12.8 Å². The van der Waals surface area contributed by atoms with E-state index in [9.17, 15) is 14.9 Å². The predicted octanol–water partition coefficient (Wildman–Crippen LogP) is 2.48. The van der Waals surface area contributed by atoms with Gasteiger partial charge in [-0.15, -0.1) is 0 Å². The Morgan fingerprint density at radius 2 is 1.92 bits per heavy atom. The molecule has 1 heterocycles. The molecule has 136 valence electrons. The molecule has 0 saturated carbocycles. The SMILES string of the molecule is O=C(CCc1ccc2c(c1)OCO2)NCCNc1ccccc1[N+](=O)[O-]. The first-order chi connectivity index (χ1) is 12.6. The van der Waals surface area contributed by atoms with Crippen molar-refractivity contribution >= 4 is 17.3 Å². The van der Waals surface area contributed by atoms with Crippen LogP contribution in [0.4, 0.5) is 11.4 Å². The second kappa shape index (κ2) is 8.19. The number of para-hydroxylation sites is 2. The van der Waals surface area contributed by atoms with Crippen molar-refractivity contribution in [1.29, 1.82) is 0 Å². The zero-order valence-corrected chi connectivity index (χ0v) is 14.1. The average molecular weight is 357 g/mol. The van der Waals surface area contributed by atoms with Gasteiger partial charge in [0, 0.05) is 25.6 Å². The second-order valence-electron chi connectivity index (χ2n) is 5.74. The molecule has 0 saturated heterocycles. The molecule has 1 amide bonds.